The van der Waals surface area contributed by atoms with Gasteiger partial charge in [-0.1, -0.05) is 6.92 Å². The molecule has 0 unspecified atom stereocenters. The van der Waals surface area contributed by atoms with Gasteiger partial charge in [-0.05, 0) is 57.3 Å². The maximum absolute atomic E-state index is 11.8. The molecule has 5 atom stereocenters. The fourth-order valence-electron chi connectivity index (χ4n) is 4.24. The minimum Gasteiger partial charge on any atom is -0.393 e. The Morgan fingerprint density at radius 2 is 1.95 bits per heavy atom. The van der Waals surface area contributed by atoms with Crippen molar-refractivity contribution in [3.8, 4) is 0 Å². The zero-order chi connectivity index (χ0) is 14.5. The monoisotopic (exact) mass is 270 g/mol. The average molecular weight is 270 g/mol. The standard InChI is InChI=1S/C15H26O4/c1-10(17)12-5-7-13(2)6-4-11(8-15(12,13)19)14(3,18)9-16/h11-12,16,18-19H,4-9H2,1-3H3/t11-,12-,13+,14+,15+/m1/s1. The predicted molar refractivity (Wildman–Crippen MR) is 71.5 cm³/mol. The summed E-state index contributed by atoms with van der Waals surface area (Å²) in [7, 11) is 0. The molecule has 2 fully saturated rings. The van der Waals surface area contributed by atoms with Crippen molar-refractivity contribution >= 4 is 5.78 Å². The Morgan fingerprint density at radius 3 is 2.47 bits per heavy atom. The molecule has 110 valence electrons. The second-order valence-electron chi connectivity index (χ2n) is 7.14. The first-order chi connectivity index (χ1) is 8.66. The molecule has 4 heteroatoms. The van der Waals surface area contributed by atoms with Crippen LogP contribution in [0.15, 0.2) is 0 Å². The molecular formula is C15H26O4. The number of carbonyl (C=O) groups excluding carboxylic acids is 1. The second-order valence-corrected chi connectivity index (χ2v) is 7.14. The number of aliphatic hydroxyl groups is 3. The summed E-state index contributed by atoms with van der Waals surface area (Å²) in [5, 5.41) is 30.7. The lowest BCUT2D eigenvalue weighted by atomic mass is 9.58. The largest absolute Gasteiger partial charge is 0.393 e. The van der Waals surface area contributed by atoms with Crippen molar-refractivity contribution in [3.63, 3.8) is 0 Å². The van der Waals surface area contributed by atoms with E-state index < -0.39 is 11.2 Å². The van der Waals surface area contributed by atoms with E-state index in [-0.39, 0.29) is 29.6 Å². The van der Waals surface area contributed by atoms with Gasteiger partial charge in [-0.3, -0.25) is 4.79 Å². The molecule has 0 radical (unpaired) electrons. The SMILES string of the molecule is CC(=O)[C@H]1CC[C@]2(C)CC[C@@H]([C@@](C)(O)CO)C[C@]12O. The molecule has 0 bridgehead atoms. The van der Waals surface area contributed by atoms with Crippen molar-refractivity contribution in [2.24, 2.45) is 17.3 Å². The van der Waals surface area contributed by atoms with E-state index in [1.165, 1.54) is 0 Å². The number of carbonyl (C=O) groups is 1. The van der Waals surface area contributed by atoms with Crippen LogP contribution in [0.2, 0.25) is 0 Å². The van der Waals surface area contributed by atoms with Crippen molar-refractivity contribution in [1.29, 1.82) is 0 Å². The molecule has 0 heterocycles. The van der Waals surface area contributed by atoms with Crippen molar-refractivity contribution in [1.82, 2.24) is 0 Å². The van der Waals surface area contributed by atoms with Crippen LogP contribution in [0.1, 0.15) is 52.9 Å². The topological polar surface area (TPSA) is 77.8 Å². The molecule has 3 N–H and O–H groups in total. The molecule has 2 aliphatic carbocycles. The number of hydrogen-bond acceptors (Lipinski definition) is 4. The fourth-order valence-corrected chi connectivity index (χ4v) is 4.24. The van der Waals surface area contributed by atoms with E-state index in [4.69, 9.17) is 0 Å². The summed E-state index contributed by atoms with van der Waals surface area (Å²) < 4.78 is 0. The van der Waals surface area contributed by atoms with Gasteiger partial charge in [0.2, 0.25) is 0 Å². The van der Waals surface area contributed by atoms with Gasteiger partial charge in [0.15, 0.2) is 0 Å². The lowest BCUT2D eigenvalue weighted by Crippen LogP contribution is -2.56. The number of aliphatic hydroxyl groups excluding tert-OH is 1. The molecule has 0 spiro atoms. The van der Waals surface area contributed by atoms with E-state index in [1.54, 1.807) is 13.8 Å². The summed E-state index contributed by atoms with van der Waals surface area (Å²) >= 11 is 0. The Hall–Kier alpha value is -0.450. The van der Waals surface area contributed by atoms with E-state index in [0.717, 1.165) is 25.7 Å². The van der Waals surface area contributed by atoms with E-state index in [2.05, 4.69) is 6.92 Å². The first-order valence-corrected chi connectivity index (χ1v) is 7.22. The van der Waals surface area contributed by atoms with Crippen LogP contribution in [0.25, 0.3) is 0 Å². The first-order valence-electron chi connectivity index (χ1n) is 7.22. The summed E-state index contributed by atoms with van der Waals surface area (Å²) in [6, 6.07) is 0. The van der Waals surface area contributed by atoms with Crippen LogP contribution in [0.4, 0.5) is 0 Å². The van der Waals surface area contributed by atoms with Crippen LogP contribution >= 0.6 is 0 Å². The van der Waals surface area contributed by atoms with Gasteiger partial charge in [-0.25, -0.2) is 0 Å². The van der Waals surface area contributed by atoms with Crippen LogP contribution in [0.5, 0.6) is 0 Å². The molecule has 0 aromatic heterocycles. The Kier molecular flexibility index (Phi) is 3.57. The summed E-state index contributed by atoms with van der Waals surface area (Å²) in [6.45, 7) is 4.90. The fraction of sp³-hybridized carbons (Fsp3) is 0.933. The normalized spacial score (nSPS) is 45.6. The van der Waals surface area contributed by atoms with Crippen LogP contribution in [0.3, 0.4) is 0 Å². The van der Waals surface area contributed by atoms with Gasteiger partial charge in [0, 0.05) is 5.92 Å². The van der Waals surface area contributed by atoms with Gasteiger partial charge in [0.05, 0.1) is 17.8 Å². The Labute approximate surface area is 114 Å². The van der Waals surface area contributed by atoms with Crippen LogP contribution in [-0.2, 0) is 4.79 Å². The molecule has 0 aliphatic heterocycles. The third-order valence-electron chi connectivity index (χ3n) is 5.90. The predicted octanol–water partition coefficient (Wildman–Crippen LogP) is 1.27. The Balaban J connectivity index is 2.29. The van der Waals surface area contributed by atoms with E-state index in [9.17, 15) is 20.1 Å². The summed E-state index contributed by atoms with van der Waals surface area (Å²) in [6.07, 6.45) is 3.59. The van der Waals surface area contributed by atoms with E-state index in [1.807, 2.05) is 0 Å². The molecule has 2 aliphatic rings. The molecule has 2 rings (SSSR count). The number of ketones is 1. The lowest BCUT2D eigenvalue weighted by Gasteiger charge is -2.51. The van der Waals surface area contributed by atoms with Crippen LogP contribution in [0, 0.1) is 17.3 Å². The van der Waals surface area contributed by atoms with Gasteiger partial charge >= 0.3 is 0 Å². The molecule has 0 saturated heterocycles. The van der Waals surface area contributed by atoms with Crippen LogP contribution < -0.4 is 0 Å². The average Bonchev–Trinajstić information content (AvgIpc) is 2.60. The maximum atomic E-state index is 11.8. The minimum absolute atomic E-state index is 0.0375. The molecule has 0 aromatic rings. The lowest BCUT2D eigenvalue weighted by molar-refractivity contribution is -0.169. The smallest absolute Gasteiger partial charge is 0.135 e. The Morgan fingerprint density at radius 1 is 1.37 bits per heavy atom. The molecule has 0 aromatic carbocycles. The molecule has 19 heavy (non-hydrogen) atoms. The molecule has 4 nitrogen and oxygen atoms in total. The van der Waals surface area contributed by atoms with E-state index in [0.29, 0.717) is 6.42 Å². The number of rotatable bonds is 3. The Bertz CT molecular complexity index is 378. The van der Waals surface area contributed by atoms with Crippen molar-refractivity contribution in [2.45, 2.75) is 64.1 Å². The highest BCUT2D eigenvalue weighted by molar-refractivity contribution is 5.80. The highest BCUT2D eigenvalue weighted by Gasteiger charge is 2.61. The minimum atomic E-state index is -1.18. The number of fused-ring (bicyclic) bond motifs is 1. The van der Waals surface area contributed by atoms with E-state index >= 15 is 0 Å². The van der Waals surface area contributed by atoms with Gasteiger partial charge in [-0.15, -0.1) is 0 Å². The number of hydrogen-bond donors (Lipinski definition) is 3. The molecule has 2 saturated carbocycles. The van der Waals surface area contributed by atoms with Gasteiger partial charge in [-0.2, -0.15) is 0 Å². The third-order valence-corrected chi connectivity index (χ3v) is 5.90. The zero-order valence-corrected chi connectivity index (χ0v) is 12.1. The number of Topliss-reactive ketones (excluding diaryl/α,β-unsaturated/α-hetero) is 1. The highest BCUT2D eigenvalue weighted by atomic mass is 16.3. The quantitative estimate of drug-likeness (QED) is 0.721. The summed E-state index contributed by atoms with van der Waals surface area (Å²) in [5.74, 6) is -0.444. The zero-order valence-electron chi connectivity index (χ0n) is 12.1. The third kappa shape index (κ3) is 2.14. The van der Waals surface area contributed by atoms with Crippen molar-refractivity contribution < 1.29 is 20.1 Å². The van der Waals surface area contributed by atoms with Crippen molar-refractivity contribution in [3.05, 3.63) is 0 Å². The summed E-state index contributed by atoms with van der Waals surface area (Å²) in [5.41, 5.74) is -2.44. The van der Waals surface area contributed by atoms with Crippen LogP contribution in [-0.4, -0.2) is 38.9 Å². The van der Waals surface area contributed by atoms with Gasteiger partial charge < -0.3 is 15.3 Å². The first kappa shape index (κ1) is 14.9. The second kappa shape index (κ2) is 4.54. The van der Waals surface area contributed by atoms with Crippen molar-refractivity contribution in [2.75, 3.05) is 6.61 Å². The summed E-state index contributed by atoms with van der Waals surface area (Å²) in [4.78, 5) is 11.8. The molecule has 0 amide bonds. The van der Waals surface area contributed by atoms with Gasteiger partial charge in [0.1, 0.15) is 5.78 Å². The maximum Gasteiger partial charge on any atom is 0.135 e. The molecular weight excluding hydrogens is 244 g/mol. The highest BCUT2D eigenvalue weighted by Crippen LogP contribution is 2.60. The van der Waals surface area contributed by atoms with Gasteiger partial charge in [0.25, 0.3) is 0 Å².